The van der Waals surface area contributed by atoms with E-state index in [-0.39, 0.29) is 17.8 Å². The van der Waals surface area contributed by atoms with E-state index in [2.05, 4.69) is 15.2 Å². The maximum Gasteiger partial charge on any atom is 0.416 e. The summed E-state index contributed by atoms with van der Waals surface area (Å²) in [5, 5.41) is 3.04. The summed E-state index contributed by atoms with van der Waals surface area (Å²) in [5.41, 5.74) is 0.352. The fraction of sp³-hybridized carbons (Fsp3) is 0.280. The number of amides is 1. The number of pyridine rings is 1. The van der Waals surface area contributed by atoms with Gasteiger partial charge in [0, 0.05) is 31.9 Å². The quantitative estimate of drug-likeness (QED) is 0.549. The minimum Gasteiger partial charge on any atom is -0.438 e. The van der Waals surface area contributed by atoms with Gasteiger partial charge < -0.3 is 10.1 Å². The largest absolute Gasteiger partial charge is 0.438 e. The third-order valence-corrected chi connectivity index (χ3v) is 5.56. The molecule has 4 rings (SSSR count). The number of alkyl halides is 3. The molecule has 1 aromatic heterocycles. The first kappa shape index (κ1) is 22.8. The van der Waals surface area contributed by atoms with E-state index in [0.717, 1.165) is 6.07 Å². The van der Waals surface area contributed by atoms with Gasteiger partial charge in [-0.25, -0.2) is 4.98 Å². The van der Waals surface area contributed by atoms with Crippen LogP contribution in [0.4, 0.5) is 13.2 Å². The van der Waals surface area contributed by atoms with Gasteiger partial charge >= 0.3 is 6.18 Å². The van der Waals surface area contributed by atoms with Crippen LogP contribution in [0, 0.1) is 0 Å². The number of piperidine rings is 1. The van der Waals surface area contributed by atoms with Crippen LogP contribution in [0.5, 0.6) is 11.6 Å². The van der Waals surface area contributed by atoms with Crippen LogP contribution in [0.3, 0.4) is 0 Å². The van der Waals surface area contributed by atoms with Gasteiger partial charge in [0.2, 0.25) is 5.88 Å². The van der Waals surface area contributed by atoms with E-state index in [1.165, 1.54) is 12.1 Å². The molecule has 0 atom stereocenters. The Hall–Kier alpha value is -3.39. The number of ether oxygens (including phenoxy) is 1. The summed E-state index contributed by atoms with van der Waals surface area (Å²) < 4.78 is 44.6. The average Bonchev–Trinajstić information content (AvgIpc) is 2.81. The van der Waals surface area contributed by atoms with Gasteiger partial charge in [0.15, 0.2) is 0 Å². The van der Waals surface area contributed by atoms with Crippen molar-refractivity contribution in [2.24, 2.45) is 0 Å². The van der Waals surface area contributed by atoms with Gasteiger partial charge in [-0.1, -0.05) is 36.4 Å². The molecular formula is C25H24F3N3O2. The predicted octanol–water partition coefficient (Wildman–Crippen LogP) is 5.29. The molecule has 1 saturated heterocycles. The number of benzene rings is 2. The lowest BCUT2D eigenvalue weighted by Gasteiger charge is -2.32. The Kier molecular flexibility index (Phi) is 6.93. The molecule has 0 unspecified atom stereocenters. The maximum atomic E-state index is 12.9. The highest BCUT2D eigenvalue weighted by Gasteiger charge is 2.30. The van der Waals surface area contributed by atoms with Crippen LogP contribution in [0.15, 0.2) is 72.9 Å². The van der Waals surface area contributed by atoms with E-state index >= 15 is 0 Å². The van der Waals surface area contributed by atoms with E-state index in [4.69, 9.17) is 4.74 Å². The van der Waals surface area contributed by atoms with E-state index < -0.39 is 11.7 Å². The highest BCUT2D eigenvalue weighted by atomic mass is 19.4. The molecule has 5 nitrogen and oxygen atoms in total. The second-order valence-corrected chi connectivity index (χ2v) is 7.99. The molecule has 0 aliphatic carbocycles. The Bertz CT molecular complexity index is 1080. The van der Waals surface area contributed by atoms with Crippen molar-refractivity contribution in [3.63, 3.8) is 0 Å². The molecule has 1 fully saturated rings. The Morgan fingerprint density at radius 3 is 2.52 bits per heavy atom. The van der Waals surface area contributed by atoms with Gasteiger partial charge in [-0.05, 0) is 48.7 Å². The fourth-order valence-electron chi connectivity index (χ4n) is 3.85. The van der Waals surface area contributed by atoms with Crippen molar-refractivity contribution in [3.05, 3.63) is 89.6 Å². The van der Waals surface area contributed by atoms with Gasteiger partial charge in [0.1, 0.15) is 11.3 Å². The van der Waals surface area contributed by atoms with Crippen molar-refractivity contribution in [3.8, 4) is 11.6 Å². The number of aromatic nitrogens is 1. The Balaban J connectivity index is 1.32. The lowest BCUT2D eigenvalue weighted by molar-refractivity contribution is -0.137. The van der Waals surface area contributed by atoms with Crippen LogP contribution >= 0.6 is 0 Å². The fourth-order valence-corrected chi connectivity index (χ4v) is 3.85. The number of rotatable bonds is 6. The highest BCUT2D eigenvalue weighted by Crippen LogP contribution is 2.30. The van der Waals surface area contributed by atoms with Gasteiger partial charge in [-0.2, -0.15) is 13.2 Å². The van der Waals surface area contributed by atoms with Crippen molar-refractivity contribution in [1.29, 1.82) is 0 Å². The molecule has 0 bridgehead atoms. The lowest BCUT2D eigenvalue weighted by Crippen LogP contribution is -2.44. The third kappa shape index (κ3) is 6.10. The predicted molar refractivity (Wildman–Crippen MR) is 118 cm³/mol. The smallest absolute Gasteiger partial charge is 0.416 e. The van der Waals surface area contributed by atoms with E-state index in [1.807, 2.05) is 18.2 Å². The van der Waals surface area contributed by atoms with E-state index in [9.17, 15) is 18.0 Å². The van der Waals surface area contributed by atoms with Crippen LogP contribution < -0.4 is 10.1 Å². The number of halogens is 3. The molecule has 1 aliphatic heterocycles. The SMILES string of the molecule is O=C(NC1CCN(Cc2cccc(C(F)(F)F)c2)CC1)c1cccnc1Oc1ccccc1. The lowest BCUT2D eigenvalue weighted by atomic mass is 10.0. The molecule has 172 valence electrons. The summed E-state index contributed by atoms with van der Waals surface area (Å²) in [5.74, 6) is 0.571. The topological polar surface area (TPSA) is 54.5 Å². The van der Waals surface area contributed by atoms with E-state index in [0.29, 0.717) is 49.4 Å². The minimum atomic E-state index is -4.34. The first-order chi connectivity index (χ1) is 15.9. The first-order valence-electron chi connectivity index (χ1n) is 10.8. The molecular weight excluding hydrogens is 431 g/mol. The highest BCUT2D eigenvalue weighted by molar-refractivity contribution is 5.96. The molecule has 1 aliphatic rings. The number of hydrogen-bond acceptors (Lipinski definition) is 4. The number of likely N-dealkylation sites (tertiary alicyclic amines) is 1. The average molecular weight is 455 g/mol. The zero-order valence-electron chi connectivity index (χ0n) is 17.9. The summed E-state index contributed by atoms with van der Waals surface area (Å²) in [6.45, 7) is 1.81. The summed E-state index contributed by atoms with van der Waals surface area (Å²) in [7, 11) is 0. The van der Waals surface area contributed by atoms with Gasteiger partial charge in [-0.3, -0.25) is 9.69 Å². The number of carbonyl (C=O) groups is 1. The number of nitrogens with zero attached hydrogens (tertiary/aromatic N) is 2. The normalized spacial score (nSPS) is 15.2. The molecule has 8 heteroatoms. The van der Waals surface area contributed by atoms with Crippen LogP contribution in [0.25, 0.3) is 0 Å². The standard InChI is InChI=1S/C25H24F3N3O2/c26-25(27,28)19-7-4-6-18(16-19)17-31-14-11-20(12-15-31)30-23(32)22-10-5-13-29-24(22)33-21-8-2-1-3-9-21/h1-10,13,16,20H,11-12,14-15,17H2,(H,30,32). The van der Waals surface area contributed by atoms with Crippen LogP contribution in [0.2, 0.25) is 0 Å². The Labute approximate surface area is 190 Å². The maximum absolute atomic E-state index is 12.9. The molecule has 3 aromatic rings. The van der Waals surface area contributed by atoms with Crippen molar-refractivity contribution in [2.75, 3.05) is 13.1 Å². The zero-order valence-corrected chi connectivity index (χ0v) is 17.9. The zero-order chi connectivity index (χ0) is 23.3. The van der Waals surface area contributed by atoms with Crippen molar-refractivity contribution in [2.45, 2.75) is 31.6 Å². The second-order valence-electron chi connectivity index (χ2n) is 7.99. The second kappa shape index (κ2) is 10.0. The van der Waals surface area contributed by atoms with Gasteiger partial charge in [0.25, 0.3) is 5.91 Å². The van der Waals surface area contributed by atoms with Crippen molar-refractivity contribution in [1.82, 2.24) is 15.2 Å². The molecule has 1 amide bonds. The van der Waals surface area contributed by atoms with Gasteiger partial charge in [-0.15, -0.1) is 0 Å². The van der Waals surface area contributed by atoms with Crippen LogP contribution in [-0.2, 0) is 12.7 Å². The summed E-state index contributed by atoms with van der Waals surface area (Å²) in [6, 6.07) is 17.9. The monoisotopic (exact) mass is 455 g/mol. The molecule has 0 spiro atoms. The van der Waals surface area contributed by atoms with Crippen LogP contribution in [0.1, 0.15) is 34.3 Å². The van der Waals surface area contributed by atoms with Crippen molar-refractivity contribution >= 4 is 5.91 Å². The molecule has 2 aromatic carbocycles. The third-order valence-electron chi connectivity index (χ3n) is 5.56. The Morgan fingerprint density at radius 2 is 1.79 bits per heavy atom. The van der Waals surface area contributed by atoms with Crippen molar-refractivity contribution < 1.29 is 22.7 Å². The number of nitrogens with one attached hydrogen (secondary N) is 1. The first-order valence-corrected chi connectivity index (χ1v) is 10.8. The summed E-state index contributed by atoms with van der Waals surface area (Å²) in [6.07, 6.45) is -1.36. The number of hydrogen-bond donors (Lipinski definition) is 1. The number of carbonyl (C=O) groups excluding carboxylic acids is 1. The Morgan fingerprint density at radius 1 is 1.03 bits per heavy atom. The molecule has 0 saturated carbocycles. The van der Waals surface area contributed by atoms with Gasteiger partial charge in [0.05, 0.1) is 5.56 Å². The molecule has 0 radical (unpaired) electrons. The van der Waals surface area contributed by atoms with E-state index in [1.54, 1.807) is 36.5 Å². The summed E-state index contributed by atoms with van der Waals surface area (Å²) >= 11 is 0. The molecule has 1 N–H and O–H groups in total. The summed E-state index contributed by atoms with van der Waals surface area (Å²) in [4.78, 5) is 19.2. The molecule has 2 heterocycles. The minimum absolute atomic E-state index is 0.0277. The number of para-hydroxylation sites is 1. The molecule has 33 heavy (non-hydrogen) atoms. The van der Waals surface area contributed by atoms with Crippen LogP contribution in [-0.4, -0.2) is 34.9 Å².